The lowest BCUT2D eigenvalue weighted by Crippen LogP contribution is -2.01. The van der Waals surface area contributed by atoms with E-state index in [1.54, 1.807) is 30.5 Å². The van der Waals surface area contributed by atoms with Crippen LogP contribution in [0.4, 0.5) is 5.69 Å². The van der Waals surface area contributed by atoms with Crippen molar-refractivity contribution in [1.82, 2.24) is 4.98 Å². The molecule has 0 aliphatic heterocycles. The Kier molecular flexibility index (Phi) is 3.36. The van der Waals surface area contributed by atoms with Gasteiger partial charge in [-0.15, -0.1) is 0 Å². The van der Waals surface area contributed by atoms with Crippen molar-refractivity contribution in [2.75, 3.05) is 12.3 Å². The minimum Gasteiger partial charge on any atom is -0.494 e. The lowest BCUT2D eigenvalue weighted by molar-refractivity contribution is 0.104. The Balaban J connectivity index is 2.07. The van der Waals surface area contributed by atoms with E-state index in [0.29, 0.717) is 23.4 Å². The zero-order chi connectivity index (χ0) is 14.8. The molecule has 0 fully saturated rings. The molecule has 0 spiro atoms. The normalized spacial score (nSPS) is 10.7. The quantitative estimate of drug-likeness (QED) is 0.568. The maximum absolute atomic E-state index is 12.6. The van der Waals surface area contributed by atoms with Gasteiger partial charge in [0.2, 0.25) is 0 Å². The molecule has 4 nitrogen and oxygen atoms in total. The third-order valence-corrected chi connectivity index (χ3v) is 3.36. The van der Waals surface area contributed by atoms with Crippen LogP contribution in [0.15, 0.2) is 48.7 Å². The summed E-state index contributed by atoms with van der Waals surface area (Å²) in [5.74, 6) is 0.702. The molecule has 4 heteroatoms. The summed E-state index contributed by atoms with van der Waals surface area (Å²) in [6.45, 7) is 2.52. The Morgan fingerprint density at radius 1 is 1.24 bits per heavy atom. The van der Waals surface area contributed by atoms with E-state index < -0.39 is 0 Å². The molecule has 21 heavy (non-hydrogen) atoms. The van der Waals surface area contributed by atoms with Crippen molar-refractivity contribution in [2.24, 2.45) is 0 Å². The molecule has 106 valence electrons. The third kappa shape index (κ3) is 2.48. The van der Waals surface area contributed by atoms with Crippen LogP contribution in [0.5, 0.6) is 5.75 Å². The van der Waals surface area contributed by atoms with Gasteiger partial charge >= 0.3 is 0 Å². The van der Waals surface area contributed by atoms with Crippen LogP contribution in [0.25, 0.3) is 10.9 Å². The van der Waals surface area contributed by atoms with Crippen LogP contribution in [0.2, 0.25) is 0 Å². The number of ketones is 1. The maximum atomic E-state index is 12.6. The van der Waals surface area contributed by atoms with Crippen molar-refractivity contribution in [3.8, 4) is 5.75 Å². The zero-order valence-corrected chi connectivity index (χ0v) is 11.7. The van der Waals surface area contributed by atoms with Gasteiger partial charge in [0.05, 0.1) is 6.61 Å². The molecule has 0 saturated carbocycles. The van der Waals surface area contributed by atoms with E-state index in [9.17, 15) is 4.79 Å². The molecule has 0 amide bonds. The summed E-state index contributed by atoms with van der Waals surface area (Å²) in [7, 11) is 0. The molecule has 0 aliphatic carbocycles. The van der Waals surface area contributed by atoms with Crippen molar-refractivity contribution in [1.29, 1.82) is 0 Å². The molecule has 0 saturated heterocycles. The fourth-order valence-electron chi connectivity index (χ4n) is 2.38. The molecular formula is C17H16N2O2. The van der Waals surface area contributed by atoms with Crippen molar-refractivity contribution in [3.05, 3.63) is 59.8 Å². The number of nitrogens with two attached hydrogens (primary N) is 1. The molecule has 0 radical (unpaired) electrons. The second-order valence-corrected chi connectivity index (χ2v) is 4.80. The predicted octanol–water partition coefficient (Wildman–Crippen LogP) is 3.38. The van der Waals surface area contributed by atoms with Crippen LogP contribution in [-0.4, -0.2) is 17.4 Å². The standard InChI is InChI=1S/C17H16N2O2/c1-2-21-13-6-7-16-14(9-13)15(10-19-16)17(20)11-4-3-5-12(18)8-11/h3-10,19H,2,18H2,1H3. The van der Waals surface area contributed by atoms with Gasteiger partial charge in [0.1, 0.15) is 5.75 Å². The number of aromatic nitrogens is 1. The minimum absolute atomic E-state index is 0.0535. The maximum Gasteiger partial charge on any atom is 0.195 e. The molecule has 0 bridgehead atoms. The molecular weight excluding hydrogens is 264 g/mol. The first-order valence-electron chi connectivity index (χ1n) is 6.83. The Labute approximate surface area is 122 Å². The number of ether oxygens (including phenoxy) is 1. The van der Waals surface area contributed by atoms with Gasteiger partial charge in [-0.1, -0.05) is 12.1 Å². The molecule has 0 unspecified atom stereocenters. The average Bonchev–Trinajstić information content (AvgIpc) is 2.90. The number of carbonyl (C=O) groups excluding carboxylic acids is 1. The van der Waals surface area contributed by atoms with Crippen molar-refractivity contribution in [3.63, 3.8) is 0 Å². The second kappa shape index (κ2) is 5.32. The monoisotopic (exact) mass is 280 g/mol. The Hall–Kier alpha value is -2.75. The molecule has 0 aliphatic rings. The molecule has 0 atom stereocenters. The average molecular weight is 280 g/mol. The van der Waals surface area contributed by atoms with Gasteiger partial charge in [0.25, 0.3) is 0 Å². The summed E-state index contributed by atoms with van der Waals surface area (Å²) in [5.41, 5.74) is 8.44. The van der Waals surface area contributed by atoms with Crippen LogP contribution >= 0.6 is 0 Å². The largest absolute Gasteiger partial charge is 0.494 e. The van der Waals surface area contributed by atoms with Gasteiger partial charge in [-0.3, -0.25) is 4.79 Å². The molecule has 3 aromatic rings. The molecule has 3 N–H and O–H groups in total. The smallest absolute Gasteiger partial charge is 0.195 e. The highest BCUT2D eigenvalue weighted by atomic mass is 16.5. The van der Waals surface area contributed by atoms with E-state index in [1.807, 2.05) is 25.1 Å². The number of anilines is 1. The van der Waals surface area contributed by atoms with Gasteiger partial charge < -0.3 is 15.5 Å². The van der Waals surface area contributed by atoms with E-state index in [2.05, 4.69) is 4.98 Å². The summed E-state index contributed by atoms with van der Waals surface area (Å²) >= 11 is 0. The van der Waals surface area contributed by atoms with Gasteiger partial charge in [-0.05, 0) is 37.3 Å². The van der Waals surface area contributed by atoms with Gasteiger partial charge in [0, 0.05) is 33.9 Å². The van der Waals surface area contributed by atoms with Crippen molar-refractivity contribution < 1.29 is 9.53 Å². The molecule has 1 heterocycles. The van der Waals surface area contributed by atoms with E-state index >= 15 is 0 Å². The topological polar surface area (TPSA) is 68.1 Å². The number of nitrogen functional groups attached to an aromatic ring is 1. The number of nitrogens with one attached hydrogen (secondary N) is 1. The fraction of sp³-hybridized carbons (Fsp3) is 0.118. The first kappa shape index (κ1) is 13.2. The van der Waals surface area contributed by atoms with E-state index in [-0.39, 0.29) is 5.78 Å². The van der Waals surface area contributed by atoms with E-state index in [4.69, 9.17) is 10.5 Å². The van der Waals surface area contributed by atoms with Crippen molar-refractivity contribution in [2.45, 2.75) is 6.92 Å². The summed E-state index contributed by atoms with van der Waals surface area (Å²) in [6.07, 6.45) is 1.73. The minimum atomic E-state index is -0.0535. The Morgan fingerprint density at radius 3 is 2.86 bits per heavy atom. The van der Waals surface area contributed by atoms with Gasteiger partial charge in [-0.25, -0.2) is 0 Å². The van der Waals surface area contributed by atoms with Crippen LogP contribution in [0.3, 0.4) is 0 Å². The van der Waals surface area contributed by atoms with E-state index in [0.717, 1.165) is 16.7 Å². The van der Waals surface area contributed by atoms with Crippen LogP contribution in [0.1, 0.15) is 22.8 Å². The SMILES string of the molecule is CCOc1ccc2[nH]cc(C(=O)c3cccc(N)c3)c2c1. The molecule has 1 aromatic heterocycles. The Bertz CT molecular complexity index is 805. The number of H-pyrrole nitrogens is 1. The zero-order valence-electron chi connectivity index (χ0n) is 11.7. The lowest BCUT2D eigenvalue weighted by Gasteiger charge is -2.04. The third-order valence-electron chi connectivity index (χ3n) is 3.36. The van der Waals surface area contributed by atoms with Crippen LogP contribution in [0, 0.1) is 0 Å². The van der Waals surface area contributed by atoms with Gasteiger partial charge in [-0.2, -0.15) is 0 Å². The lowest BCUT2D eigenvalue weighted by atomic mass is 10.0. The molecule has 2 aromatic carbocycles. The second-order valence-electron chi connectivity index (χ2n) is 4.80. The number of aromatic amines is 1. The van der Waals surface area contributed by atoms with Gasteiger partial charge in [0.15, 0.2) is 5.78 Å². The number of rotatable bonds is 4. The molecule has 3 rings (SSSR count). The number of fused-ring (bicyclic) bond motifs is 1. The number of hydrogen-bond acceptors (Lipinski definition) is 3. The first-order chi connectivity index (χ1) is 10.2. The highest BCUT2D eigenvalue weighted by Crippen LogP contribution is 2.26. The number of benzene rings is 2. The summed E-state index contributed by atoms with van der Waals surface area (Å²) < 4.78 is 5.50. The van der Waals surface area contributed by atoms with Crippen molar-refractivity contribution >= 4 is 22.4 Å². The van der Waals surface area contributed by atoms with E-state index in [1.165, 1.54) is 0 Å². The number of carbonyl (C=O) groups is 1. The summed E-state index contributed by atoms with van der Waals surface area (Å²) in [5, 5.41) is 0.855. The Morgan fingerprint density at radius 2 is 2.10 bits per heavy atom. The van der Waals surface area contributed by atoms with Crippen LogP contribution in [-0.2, 0) is 0 Å². The highest BCUT2D eigenvalue weighted by Gasteiger charge is 2.15. The highest BCUT2D eigenvalue weighted by molar-refractivity contribution is 6.16. The summed E-state index contributed by atoms with van der Waals surface area (Å²) in [6, 6.07) is 12.7. The first-order valence-corrected chi connectivity index (χ1v) is 6.83. The fourth-order valence-corrected chi connectivity index (χ4v) is 2.38. The number of hydrogen-bond donors (Lipinski definition) is 2. The predicted molar refractivity (Wildman–Crippen MR) is 83.8 cm³/mol. The van der Waals surface area contributed by atoms with Crippen LogP contribution < -0.4 is 10.5 Å². The summed E-state index contributed by atoms with van der Waals surface area (Å²) in [4.78, 5) is 15.7.